The predicted octanol–water partition coefficient (Wildman–Crippen LogP) is 1.77. The molecule has 1 amide bonds. The molecule has 1 atom stereocenters. The first-order valence-electron chi connectivity index (χ1n) is 8.39. The number of furan rings is 1. The first kappa shape index (κ1) is 15.6. The minimum absolute atomic E-state index is 0.111. The van der Waals surface area contributed by atoms with Crippen molar-refractivity contribution >= 4 is 5.91 Å². The van der Waals surface area contributed by atoms with Crippen molar-refractivity contribution in [2.45, 2.75) is 25.8 Å². The summed E-state index contributed by atoms with van der Waals surface area (Å²) in [5.41, 5.74) is 0.672. The first-order valence-corrected chi connectivity index (χ1v) is 8.39. The summed E-state index contributed by atoms with van der Waals surface area (Å²) in [5.74, 6) is 0.816. The molecule has 1 aromatic rings. The number of carbonyl (C=O) groups is 1. The molecule has 2 aliphatic rings. The summed E-state index contributed by atoms with van der Waals surface area (Å²) < 4.78 is 5.02. The zero-order valence-corrected chi connectivity index (χ0v) is 13.7. The van der Waals surface area contributed by atoms with Crippen LogP contribution in [0.1, 0.15) is 30.1 Å². The van der Waals surface area contributed by atoms with E-state index in [1.165, 1.54) is 26.2 Å². The van der Waals surface area contributed by atoms with E-state index in [0.717, 1.165) is 25.9 Å². The van der Waals surface area contributed by atoms with Crippen molar-refractivity contribution in [3.63, 3.8) is 0 Å². The molecule has 3 rings (SSSR count). The van der Waals surface area contributed by atoms with Gasteiger partial charge in [0.1, 0.15) is 6.26 Å². The molecule has 0 aromatic carbocycles. The zero-order chi connectivity index (χ0) is 15.5. The Morgan fingerprint density at radius 3 is 2.45 bits per heavy atom. The van der Waals surface area contributed by atoms with Crippen LogP contribution in [0.25, 0.3) is 0 Å². The molecular formula is C17H27N3O2. The number of nitrogens with zero attached hydrogens (tertiary/aromatic N) is 3. The van der Waals surface area contributed by atoms with Crippen LogP contribution in [0, 0.1) is 5.92 Å². The summed E-state index contributed by atoms with van der Waals surface area (Å²) >= 11 is 0. The van der Waals surface area contributed by atoms with Gasteiger partial charge >= 0.3 is 0 Å². The molecule has 0 spiro atoms. The van der Waals surface area contributed by atoms with Crippen LogP contribution in [0.4, 0.5) is 0 Å². The van der Waals surface area contributed by atoms with Gasteiger partial charge in [0.15, 0.2) is 0 Å². The van der Waals surface area contributed by atoms with E-state index in [4.69, 9.17) is 4.42 Å². The maximum atomic E-state index is 12.3. The first-order chi connectivity index (χ1) is 10.6. The number of amides is 1. The van der Waals surface area contributed by atoms with Crippen molar-refractivity contribution < 1.29 is 9.21 Å². The lowest BCUT2D eigenvalue weighted by molar-refractivity contribution is 0.0500. The van der Waals surface area contributed by atoms with Crippen molar-refractivity contribution in [1.29, 1.82) is 0 Å². The Morgan fingerprint density at radius 2 is 1.86 bits per heavy atom. The van der Waals surface area contributed by atoms with Crippen LogP contribution in [0.5, 0.6) is 0 Å². The molecule has 0 aliphatic carbocycles. The zero-order valence-electron chi connectivity index (χ0n) is 13.7. The topological polar surface area (TPSA) is 39.9 Å². The van der Waals surface area contributed by atoms with E-state index in [1.807, 2.05) is 4.90 Å². The van der Waals surface area contributed by atoms with Crippen LogP contribution in [-0.4, -0.2) is 73.0 Å². The lowest BCUT2D eigenvalue weighted by Crippen LogP contribution is -2.52. The lowest BCUT2D eigenvalue weighted by Gasteiger charge is -2.42. The number of hydrogen-bond acceptors (Lipinski definition) is 4. The molecular weight excluding hydrogens is 278 g/mol. The summed E-state index contributed by atoms with van der Waals surface area (Å²) in [7, 11) is 2.20. The highest BCUT2D eigenvalue weighted by Crippen LogP contribution is 2.25. The Bertz CT molecular complexity index is 472. The number of likely N-dealkylation sites (tertiary alicyclic amines) is 1. The Morgan fingerprint density at radius 1 is 1.18 bits per heavy atom. The SMILES string of the molecule is C[C@@H](C1CCN(C(=O)c2ccoc2)CC1)N1CCN(C)CC1. The molecule has 2 fully saturated rings. The quantitative estimate of drug-likeness (QED) is 0.853. The molecule has 2 saturated heterocycles. The van der Waals surface area contributed by atoms with E-state index >= 15 is 0 Å². The highest BCUT2D eigenvalue weighted by molar-refractivity contribution is 5.93. The van der Waals surface area contributed by atoms with Crippen LogP contribution >= 0.6 is 0 Å². The standard InChI is InChI=1S/C17H27N3O2/c1-14(19-10-8-18(2)9-11-19)15-3-6-20(7-4-15)17(21)16-5-12-22-13-16/h5,12-15H,3-4,6-11H2,1-2H3/t14-/m0/s1. The minimum atomic E-state index is 0.111. The largest absolute Gasteiger partial charge is 0.472 e. The van der Waals surface area contributed by atoms with E-state index in [9.17, 15) is 4.79 Å². The number of rotatable bonds is 3. The van der Waals surface area contributed by atoms with Crippen LogP contribution in [0.2, 0.25) is 0 Å². The maximum Gasteiger partial charge on any atom is 0.257 e. The highest BCUT2D eigenvalue weighted by Gasteiger charge is 2.30. The van der Waals surface area contributed by atoms with Crippen LogP contribution in [0.3, 0.4) is 0 Å². The Balaban J connectivity index is 1.50. The molecule has 0 N–H and O–H groups in total. The second kappa shape index (κ2) is 6.84. The van der Waals surface area contributed by atoms with Gasteiger partial charge in [0.2, 0.25) is 0 Å². The van der Waals surface area contributed by atoms with E-state index < -0.39 is 0 Å². The summed E-state index contributed by atoms with van der Waals surface area (Å²) in [5, 5.41) is 0. The molecule has 5 nitrogen and oxygen atoms in total. The second-order valence-corrected chi connectivity index (χ2v) is 6.72. The summed E-state index contributed by atoms with van der Waals surface area (Å²) in [6.07, 6.45) is 5.32. The highest BCUT2D eigenvalue weighted by atomic mass is 16.3. The van der Waals surface area contributed by atoms with E-state index in [1.54, 1.807) is 18.6 Å². The third-order valence-electron chi connectivity index (χ3n) is 5.39. The summed E-state index contributed by atoms with van der Waals surface area (Å²) in [6.45, 7) is 8.78. The monoisotopic (exact) mass is 305 g/mol. The fraction of sp³-hybridized carbons (Fsp3) is 0.706. The van der Waals surface area contributed by atoms with Gasteiger partial charge in [0.05, 0.1) is 11.8 Å². The van der Waals surface area contributed by atoms with Gasteiger partial charge in [-0.3, -0.25) is 9.69 Å². The van der Waals surface area contributed by atoms with Gasteiger partial charge in [0.25, 0.3) is 5.91 Å². The number of hydrogen-bond donors (Lipinski definition) is 0. The van der Waals surface area contributed by atoms with Gasteiger partial charge in [-0.2, -0.15) is 0 Å². The minimum Gasteiger partial charge on any atom is -0.472 e. The third-order valence-corrected chi connectivity index (χ3v) is 5.39. The Hall–Kier alpha value is -1.33. The van der Waals surface area contributed by atoms with Crippen molar-refractivity contribution in [2.75, 3.05) is 46.3 Å². The van der Waals surface area contributed by atoms with Gasteiger partial charge in [0, 0.05) is 45.3 Å². The van der Waals surface area contributed by atoms with Crippen LogP contribution in [-0.2, 0) is 0 Å². The smallest absolute Gasteiger partial charge is 0.257 e. The number of likely N-dealkylation sites (N-methyl/N-ethyl adjacent to an activating group) is 1. The molecule has 0 saturated carbocycles. The molecule has 122 valence electrons. The number of piperidine rings is 1. The third kappa shape index (κ3) is 3.36. The van der Waals surface area contributed by atoms with Gasteiger partial charge in [-0.1, -0.05) is 0 Å². The Kier molecular flexibility index (Phi) is 4.84. The molecule has 0 bridgehead atoms. The van der Waals surface area contributed by atoms with Crippen molar-refractivity contribution in [2.24, 2.45) is 5.92 Å². The average Bonchev–Trinajstić information content (AvgIpc) is 3.09. The van der Waals surface area contributed by atoms with Gasteiger partial charge in [-0.05, 0) is 38.8 Å². The molecule has 5 heteroatoms. The average molecular weight is 305 g/mol. The van der Waals surface area contributed by atoms with Crippen molar-refractivity contribution in [3.8, 4) is 0 Å². The number of carbonyl (C=O) groups excluding carboxylic acids is 1. The summed E-state index contributed by atoms with van der Waals surface area (Å²) in [4.78, 5) is 19.3. The maximum absolute atomic E-state index is 12.3. The normalized spacial score (nSPS) is 23.6. The second-order valence-electron chi connectivity index (χ2n) is 6.72. The van der Waals surface area contributed by atoms with E-state index in [-0.39, 0.29) is 5.91 Å². The fourth-order valence-corrected chi connectivity index (χ4v) is 3.68. The summed E-state index contributed by atoms with van der Waals surface area (Å²) in [6, 6.07) is 2.38. The van der Waals surface area contributed by atoms with Crippen LogP contribution < -0.4 is 0 Å². The van der Waals surface area contributed by atoms with Gasteiger partial charge in [-0.15, -0.1) is 0 Å². The molecule has 0 radical (unpaired) electrons. The number of piperazine rings is 1. The van der Waals surface area contributed by atoms with Gasteiger partial charge < -0.3 is 14.2 Å². The van der Waals surface area contributed by atoms with Crippen LogP contribution in [0.15, 0.2) is 23.0 Å². The fourth-order valence-electron chi connectivity index (χ4n) is 3.68. The molecule has 1 aromatic heterocycles. The van der Waals surface area contributed by atoms with E-state index in [2.05, 4.69) is 23.8 Å². The Labute approximate surface area is 132 Å². The van der Waals surface area contributed by atoms with E-state index in [0.29, 0.717) is 17.5 Å². The molecule has 3 heterocycles. The van der Waals surface area contributed by atoms with Crippen molar-refractivity contribution in [1.82, 2.24) is 14.7 Å². The van der Waals surface area contributed by atoms with Gasteiger partial charge in [-0.25, -0.2) is 0 Å². The molecule has 2 aliphatic heterocycles. The molecule has 22 heavy (non-hydrogen) atoms. The molecule has 0 unspecified atom stereocenters. The lowest BCUT2D eigenvalue weighted by atomic mass is 9.89. The predicted molar refractivity (Wildman–Crippen MR) is 85.9 cm³/mol. The van der Waals surface area contributed by atoms with Crippen molar-refractivity contribution in [3.05, 3.63) is 24.2 Å².